The van der Waals surface area contributed by atoms with Crippen LogP contribution in [0.5, 0.6) is 5.75 Å². The van der Waals surface area contributed by atoms with E-state index in [4.69, 9.17) is 27.9 Å². The Bertz CT molecular complexity index is 779. The molecule has 0 saturated carbocycles. The highest BCUT2D eigenvalue weighted by atomic mass is 35.5. The number of aryl methyl sites for hydroxylation is 1. The smallest absolute Gasteiger partial charge is 0.258 e. The van der Waals surface area contributed by atoms with Gasteiger partial charge in [0.2, 0.25) is 5.91 Å². The zero-order chi connectivity index (χ0) is 19.1. The molecule has 0 atom stereocenters. The highest BCUT2D eigenvalue weighted by molar-refractivity contribution is 6.44. The Balaban J connectivity index is 1.85. The number of carbonyl (C=O) groups excluding carboxylic acids is 2. The molecule has 1 N–H and O–H groups in total. The summed E-state index contributed by atoms with van der Waals surface area (Å²) in [5.41, 5.74) is 1.63. The molecular weight excluding hydrogens is 375 g/mol. The van der Waals surface area contributed by atoms with E-state index in [0.29, 0.717) is 21.5 Å². The van der Waals surface area contributed by atoms with Crippen LogP contribution in [-0.4, -0.2) is 31.5 Å². The first-order valence-electron chi connectivity index (χ1n) is 8.06. The van der Waals surface area contributed by atoms with Crippen LogP contribution in [0.3, 0.4) is 0 Å². The molecule has 0 bridgehead atoms. The highest BCUT2D eigenvalue weighted by Gasteiger charge is 2.16. The summed E-state index contributed by atoms with van der Waals surface area (Å²) >= 11 is 12.2. The molecular formula is C19H20Cl2N2O3. The maximum absolute atomic E-state index is 11.9. The number of anilines is 1. The lowest BCUT2D eigenvalue weighted by Gasteiger charge is -2.23. The summed E-state index contributed by atoms with van der Waals surface area (Å²) in [6, 6.07) is 12.5. The van der Waals surface area contributed by atoms with Gasteiger partial charge in [-0.25, -0.2) is 0 Å². The predicted molar refractivity (Wildman–Crippen MR) is 104 cm³/mol. The molecule has 0 unspecified atom stereocenters. The maximum atomic E-state index is 11.9. The molecule has 0 heterocycles. The molecule has 2 amide bonds. The average Bonchev–Trinajstić information content (AvgIpc) is 2.61. The Morgan fingerprint density at radius 2 is 1.81 bits per heavy atom. The van der Waals surface area contributed by atoms with Crippen molar-refractivity contribution in [1.82, 2.24) is 5.32 Å². The monoisotopic (exact) mass is 394 g/mol. The SMILES string of the molecule is CC(=O)N(CCNC(=O)COc1ccc(C)cc1)c1cccc(Cl)c1Cl. The van der Waals surface area contributed by atoms with E-state index in [9.17, 15) is 9.59 Å². The molecule has 0 saturated heterocycles. The number of hydrogen-bond acceptors (Lipinski definition) is 3. The lowest BCUT2D eigenvalue weighted by Crippen LogP contribution is -2.39. The Hall–Kier alpha value is -2.24. The van der Waals surface area contributed by atoms with Gasteiger partial charge in [0, 0.05) is 20.0 Å². The molecule has 2 aromatic carbocycles. The molecule has 138 valence electrons. The van der Waals surface area contributed by atoms with Crippen LogP contribution in [0.25, 0.3) is 0 Å². The van der Waals surface area contributed by atoms with Gasteiger partial charge in [-0.05, 0) is 31.2 Å². The fourth-order valence-corrected chi connectivity index (χ4v) is 2.69. The van der Waals surface area contributed by atoms with E-state index in [-0.39, 0.29) is 31.5 Å². The zero-order valence-corrected chi connectivity index (χ0v) is 16.1. The van der Waals surface area contributed by atoms with Crippen molar-refractivity contribution in [2.75, 3.05) is 24.6 Å². The number of nitrogens with zero attached hydrogens (tertiary/aromatic N) is 1. The summed E-state index contributed by atoms with van der Waals surface area (Å²) in [6.07, 6.45) is 0. The van der Waals surface area contributed by atoms with E-state index < -0.39 is 0 Å². The summed E-state index contributed by atoms with van der Waals surface area (Å²) in [6.45, 7) is 3.84. The van der Waals surface area contributed by atoms with Gasteiger partial charge in [0.25, 0.3) is 5.91 Å². The van der Waals surface area contributed by atoms with Crippen LogP contribution in [0.1, 0.15) is 12.5 Å². The fraction of sp³-hybridized carbons (Fsp3) is 0.263. The molecule has 26 heavy (non-hydrogen) atoms. The first-order chi connectivity index (χ1) is 12.4. The number of amides is 2. The van der Waals surface area contributed by atoms with Crippen molar-refractivity contribution in [2.24, 2.45) is 0 Å². The number of benzene rings is 2. The summed E-state index contributed by atoms with van der Waals surface area (Å²) in [4.78, 5) is 25.3. The molecule has 0 spiro atoms. The van der Waals surface area contributed by atoms with Gasteiger partial charge in [0.05, 0.1) is 15.7 Å². The predicted octanol–water partition coefficient (Wildman–Crippen LogP) is 3.85. The first-order valence-corrected chi connectivity index (χ1v) is 8.82. The van der Waals surface area contributed by atoms with Crippen LogP contribution in [0.4, 0.5) is 5.69 Å². The van der Waals surface area contributed by atoms with E-state index in [2.05, 4.69) is 5.32 Å². The van der Waals surface area contributed by atoms with Crippen LogP contribution in [0.2, 0.25) is 10.0 Å². The van der Waals surface area contributed by atoms with Gasteiger partial charge in [0.15, 0.2) is 6.61 Å². The highest BCUT2D eigenvalue weighted by Crippen LogP contribution is 2.32. The molecule has 0 aromatic heterocycles. The van der Waals surface area contributed by atoms with Gasteiger partial charge in [-0.2, -0.15) is 0 Å². The molecule has 0 aliphatic carbocycles. The standard InChI is InChI=1S/C19H20Cl2N2O3/c1-13-6-8-15(9-7-13)26-12-18(25)22-10-11-23(14(2)24)17-5-3-4-16(20)19(17)21/h3-9H,10-12H2,1-2H3,(H,22,25). The van der Waals surface area contributed by atoms with Gasteiger partial charge >= 0.3 is 0 Å². The molecule has 5 nitrogen and oxygen atoms in total. The first kappa shape index (κ1) is 20.1. The summed E-state index contributed by atoms with van der Waals surface area (Å²) in [5, 5.41) is 3.39. The van der Waals surface area contributed by atoms with Crippen molar-refractivity contribution < 1.29 is 14.3 Å². The van der Waals surface area contributed by atoms with Crippen LogP contribution < -0.4 is 15.0 Å². The Kier molecular flexibility index (Phi) is 7.30. The van der Waals surface area contributed by atoms with Crippen molar-refractivity contribution in [1.29, 1.82) is 0 Å². The lowest BCUT2D eigenvalue weighted by atomic mass is 10.2. The number of ether oxygens (including phenoxy) is 1. The van der Waals surface area contributed by atoms with E-state index in [1.807, 2.05) is 19.1 Å². The summed E-state index contributed by atoms with van der Waals surface area (Å²) in [7, 11) is 0. The van der Waals surface area contributed by atoms with Crippen LogP contribution >= 0.6 is 23.2 Å². The average molecular weight is 395 g/mol. The number of carbonyl (C=O) groups is 2. The number of hydrogen-bond donors (Lipinski definition) is 1. The third-order valence-corrected chi connectivity index (χ3v) is 4.46. The number of rotatable bonds is 7. The largest absolute Gasteiger partial charge is 0.484 e. The van der Waals surface area contributed by atoms with Crippen LogP contribution in [0, 0.1) is 6.92 Å². The third kappa shape index (κ3) is 5.64. The number of halogens is 2. The van der Waals surface area contributed by atoms with Crippen molar-refractivity contribution >= 4 is 40.7 Å². The van der Waals surface area contributed by atoms with Gasteiger partial charge in [-0.1, -0.05) is 47.0 Å². The lowest BCUT2D eigenvalue weighted by molar-refractivity contribution is -0.123. The minimum absolute atomic E-state index is 0.0962. The zero-order valence-electron chi connectivity index (χ0n) is 14.6. The topological polar surface area (TPSA) is 58.6 Å². The maximum Gasteiger partial charge on any atom is 0.258 e. The Labute approximate surface area is 162 Å². The Morgan fingerprint density at radius 3 is 2.46 bits per heavy atom. The van der Waals surface area contributed by atoms with Crippen molar-refractivity contribution in [2.45, 2.75) is 13.8 Å². The molecule has 0 aliphatic rings. The molecule has 0 aliphatic heterocycles. The van der Waals surface area contributed by atoms with Gasteiger partial charge in [0.1, 0.15) is 5.75 Å². The van der Waals surface area contributed by atoms with Crippen LogP contribution in [-0.2, 0) is 9.59 Å². The van der Waals surface area contributed by atoms with E-state index in [1.54, 1.807) is 30.3 Å². The van der Waals surface area contributed by atoms with Gasteiger partial charge < -0.3 is 15.0 Å². The second-order valence-electron chi connectivity index (χ2n) is 5.70. The van der Waals surface area contributed by atoms with Crippen molar-refractivity contribution in [3.63, 3.8) is 0 Å². The number of nitrogens with one attached hydrogen (secondary N) is 1. The van der Waals surface area contributed by atoms with E-state index >= 15 is 0 Å². The van der Waals surface area contributed by atoms with Gasteiger partial charge in [-0.15, -0.1) is 0 Å². The van der Waals surface area contributed by atoms with Crippen LogP contribution in [0.15, 0.2) is 42.5 Å². The molecule has 2 aromatic rings. The quantitative estimate of drug-likeness (QED) is 0.775. The van der Waals surface area contributed by atoms with Crippen molar-refractivity contribution in [3.8, 4) is 5.75 Å². The minimum atomic E-state index is -0.272. The van der Waals surface area contributed by atoms with Gasteiger partial charge in [-0.3, -0.25) is 9.59 Å². The Morgan fingerprint density at radius 1 is 1.12 bits per heavy atom. The minimum Gasteiger partial charge on any atom is -0.484 e. The van der Waals surface area contributed by atoms with E-state index in [0.717, 1.165) is 5.56 Å². The second-order valence-corrected chi connectivity index (χ2v) is 6.48. The molecule has 2 rings (SSSR count). The molecule has 7 heteroatoms. The second kappa shape index (κ2) is 9.46. The third-order valence-electron chi connectivity index (χ3n) is 3.65. The normalized spacial score (nSPS) is 10.3. The fourth-order valence-electron chi connectivity index (χ4n) is 2.29. The molecule has 0 fully saturated rings. The van der Waals surface area contributed by atoms with E-state index in [1.165, 1.54) is 11.8 Å². The van der Waals surface area contributed by atoms with Crippen molar-refractivity contribution in [3.05, 3.63) is 58.1 Å². The summed E-state index contributed by atoms with van der Waals surface area (Å²) < 4.78 is 5.42. The molecule has 0 radical (unpaired) electrons. The summed E-state index contributed by atoms with van der Waals surface area (Å²) in [5.74, 6) is 0.160.